The minimum Gasteiger partial charge on any atom is -0.545 e. The first-order chi connectivity index (χ1) is 16.6. The van der Waals surface area contributed by atoms with Gasteiger partial charge >= 0.3 is 11.9 Å². The monoisotopic (exact) mass is 485 g/mol. The Hall–Kier alpha value is -4.25. The van der Waals surface area contributed by atoms with E-state index in [2.05, 4.69) is 5.32 Å². The number of carboxylic acid groups (broad SMARTS) is 3. The Morgan fingerprint density at radius 2 is 1.63 bits per heavy atom. The van der Waals surface area contributed by atoms with Gasteiger partial charge in [-0.25, -0.2) is 14.0 Å². The fourth-order valence-electron chi connectivity index (χ4n) is 3.89. The summed E-state index contributed by atoms with van der Waals surface area (Å²) in [4.78, 5) is 46.3. The number of hydrogen-bond donors (Lipinski definition) is 3. The number of hydrogen-bond acceptors (Lipinski definition) is 6. The first-order valence-corrected chi connectivity index (χ1v) is 10.9. The number of nitrogens with zero attached hydrogens (tertiary/aromatic N) is 2. The van der Waals surface area contributed by atoms with E-state index >= 15 is 0 Å². The maximum Gasteiger partial charge on any atom is 0.341 e. The molecule has 0 aliphatic carbocycles. The Kier molecular flexibility index (Phi) is 7.82. The van der Waals surface area contributed by atoms with E-state index in [-0.39, 0.29) is 22.1 Å². The predicted octanol–water partition coefficient (Wildman–Crippen LogP) is -0.00960. The van der Waals surface area contributed by atoms with E-state index in [0.717, 1.165) is 26.2 Å². The Morgan fingerprint density at radius 3 is 2.14 bits per heavy atom. The second-order valence-corrected chi connectivity index (χ2v) is 7.78. The standard InChI is InChI=1S/C16H18FN3O3.C8H6O4/c1-2-19-9-11(16(22)23)15(21)10-7-12(17)14(8-13(10)19)20-5-3-18-4-6-20;9-7(10)5-3-1-2-4-6(5)8(11)12/h7-9,18H,2-6H2,1H3,(H,22,23);1-4H,(H,9,10)(H,11,12). The van der Waals surface area contributed by atoms with E-state index in [1.165, 1.54) is 36.5 Å². The molecule has 1 fully saturated rings. The summed E-state index contributed by atoms with van der Waals surface area (Å²) in [6.07, 6.45) is 1.33. The van der Waals surface area contributed by atoms with E-state index < -0.39 is 29.2 Å². The van der Waals surface area contributed by atoms with Gasteiger partial charge in [-0.15, -0.1) is 0 Å². The molecule has 0 bridgehead atoms. The van der Waals surface area contributed by atoms with Gasteiger partial charge in [0, 0.05) is 23.7 Å². The van der Waals surface area contributed by atoms with Gasteiger partial charge in [0.05, 0.1) is 48.9 Å². The third-order valence-corrected chi connectivity index (χ3v) is 5.64. The summed E-state index contributed by atoms with van der Waals surface area (Å²) >= 11 is 0. The second-order valence-electron chi connectivity index (χ2n) is 7.78. The summed E-state index contributed by atoms with van der Waals surface area (Å²) in [5.41, 5.74) is -0.500. The average Bonchev–Trinajstić information content (AvgIpc) is 2.85. The van der Waals surface area contributed by atoms with Crippen LogP contribution in [0.1, 0.15) is 38.0 Å². The van der Waals surface area contributed by atoms with Gasteiger partial charge in [0.25, 0.3) is 0 Å². The van der Waals surface area contributed by atoms with Crippen LogP contribution in [0.4, 0.5) is 10.1 Å². The second kappa shape index (κ2) is 10.8. The Balaban J connectivity index is 0.000000241. The Morgan fingerprint density at radius 1 is 1.03 bits per heavy atom. The molecular formula is C24H24FN3O7. The van der Waals surface area contributed by atoms with Gasteiger partial charge in [0.1, 0.15) is 11.4 Å². The van der Waals surface area contributed by atoms with Gasteiger partial charge in [-0.05, 0) is 25.1 Å². The molecule has 0 unspecified atom stereocenters. The molecule has 0 radical (unpaired) electrons. The topological polar surface area (TPSA) is 157 Å². The molecule has 0 atom stereocenters. The third kappa shape index (κ3) is 5.46. The molecule has 10 nitrogen and oxygen atoms in total. The zero-order valence-corrected chi connectivity index (χ0v) is 18.9. The van der Waals surface area contributed by atoms with Crippen molar-refractivity contribution in [1.82, 2.24) is 4.57 Å². The number of carbonyl (C=O) groups is 3. The SMILES string of the molecule is CCn1cc(C(=O)O)c(=O)c2cc(F)c(N3CC[NH2+]CC3)cc21.O=C([O-])c1ccccc1C(=O)O. The van der Waals surface area contributed by atoms with Crippen molar-refractivity contribution in [2.75, 3.05) is 31.1 Å². The van der Waals surface area contributed by atoms with Gasteiger partial charge in [-0.3, -0.25) is 4.79 Å². The molecule has 11 heteroatoms. The van der Waals surface area contributed by atoms with Crippen molar-refractivity contribution >= 4 is 34.5 Å². The zero-order valence-electron chi connectivity index (χ0n) is 18.9. The van der Waals surface area contributed by atoms with Crippen LogP contribution >= 0.6 is 0 Å². The molecule has 2 heterocycles. The Bertz CT molecular complexity index is 1310. The molecule has 0 spiro atoms. The first-order valence-electron chi connectivity index (χ1n) is 10.9. The van der Waals surface area contributed by atoms with Crippen LogP contribution in [0.3, 0.4) is 0 Å². The van der Waals surface area contributed by atoms with Crippen LogP contribution in [0.15, 0.2) is 47.4 Å². The zero-order chi connectivity index (χ0) is 25.7. The average molecular weight is 485 g/mol. The number of piperazine rings is 1. The summed E-state index contributed by atoms with van der Waals surface area (Å²) in [7, 11) is 0. The van der Waals surface area contributed by atoms with Gasteiger partial charge in [0.2, 0.25) is 5.43 Å². The highest BCUT2D eigenvalue weighted by atomic mass is 19.1. The lowest BCUT2D eigenvalue weighted by Gasteiger charge is -2.28. The van der Waals surface area contributed by atoms with Crippen molar-refractivity contribution in [2.24, 2.45) is 0 Å². The van der Waals surface area contributed by atoms with E-state index in [1.807, 2.05) is 11.8 Å². The maximum atomic E-state index is 14.5. The third-order valence-electron chi connectivity index (χ3n) is 5.64. The van der Waals surface area contributed by atoms with Crippen molar-refractivity contribution in [3.05, 3.63) is 75.3 Å². The fraction of sp³-hybridized carbons (Fsp3) is 0.250. The number of aryl methyl sites for hydroxylation is 1. The van der Waals surface area contributed by atoms with Crippen LogP contribution in [0.5, 0.6) is 0 Å². The molecule has 1 aliphatic heterocycles. The maximum absolute atomic E-state index is 14.5. The molecule has 2 aromatic carbocycles. The number of anilines is 1. The van der Waals surface area contributed by atoms with Crippen molar-refractivity contribution < 1.29 is 39.4 Å². The fourth-order valence-corrected chi connectivity index (χ4v) is 3.89. The number of rotatable bonds is 5. The van der Waals surface area contributed by atoms with Crippen LogP contribution in [0, 0.1) is 5.82 Å². The van der Waals surface area contributed by atoms with Gasteiger partial charge in [0.15, 0.2) is 0 Å². The number of halogens is 1. The van der Waals surface area contributed by atoms with Gasteiger partial charge in [-0.1, -0.05) is 18.2 Å². The molecule has 1 aliphatic rings. The smallest absolute Gasteiger partial charge is 0.341 e. The number of quaternary nitrogens is 1. The molecule has 4 rings (SSSR count). The van der Waals surface area contributed by atoms with Crippen molar-refractivity contribution in [2.45, 2.75) is 13.5 Å². The van der Waals surface area contributed by atoms with Crippen molar-refractivity contribution in [3.8, 4) is 0 Å². The van der Waals surface area contributed by atoms with E-state index in [0.29, 0.717) is 17.7 Å². The lowest BCUT2D eigenvalue weighted by atomic mass is 10.1. The van der Waals surface area contributed by atoms with Crippen LogP contribution in [-0.4, -0.2) is 58.9 Å². The molecule has 1 aromatic heterocycles. The summed E-state index contributed by atoms with van der Waals surface area (Å²) in [5.74, 6) is -4.53. The van der Waals surface area contributed by atoms with Crippen LogP contribution < -0.4 is 20.8 Å². The van der Waals surface area contributed by atoms with Crippen molar-refractivity contribution in [3.63, 3.8) is 0 Å². The summed E-state index contributed by atoms with van der Waals surface area (Å²) in [5, 5.41) is 30.3. The number of nitrogens with two attached hydrogens (primary N) is 1. The molecule has 1 saturated heterocycles. The van der Waals surface area contributed by atoms with E-state index in [9.17, 15) is 28.7 Å². The number of fused-ring (bicyclic) bond motifs is 1. The largest absolute Gasteiger partial charge is 0.545 e. The van der Waals surface area contributed by atoms with E-state index in [4.69, 9.17) is 10.2 Å². The molecule has 184 valence electrons. The quantitative estimate of drug-likeness (QED) is 0.456. The molecule has 0 amide bonds. The predicted molar refractivity (Wildman–Crippen MR) is 122 cm³/mol. The molecule has 3 aromatic rings. The van der Waals surface area contributed by atoms with Crippen LogP contribution in [0.25, 0.3) is 10.9 Å². The Labute approximate surface area is 198 Å². The highest BCUT2D eigenvalue weighted by molar-refractivity contribution is 6.00. The minimum absolute atomic E-state index is 0.108. The summed E-state index contributed by atoms with van der Waals surface area (Å²) in [6.45, 7) is 5.63. The molecule has 0 saturated carbocycles. The normalized spacial score (nSPS) is 13.1. The first kappa shape index (κ1) is 25.4. The summed E-state index contributed by atoms with van der Waals surface area (Å²) in [6, 6.07) is 8.14. The number of pyridine rings is 1. The molecular weight excluding hydrogens is 461 g/mol. The van der Waals surface area contributed by atoms with Crippen LogP contribution in [-0.2, 0) is 6.54 Å². The number of carboxylic acids is 3. The highest BCUT2D eigenvalue weighted by Crippen LogP contribution is 2.25. The number of carbonyl (C=O) groups excluding carboxylic acids is 1. The highest BCUT2D eigenvalue weighted by Gasteiger charge is 2.20. The molecule has 35 heavy (non-hydrogen) atoms. The minimum atomic E-state index is -1.48. The lowest BCUT2D eigenvalue weighted by molar-refractivity contribution is -0.655. The summed E-state index contributed by atoms with van der Waals surface area (Å²) < 4.78 is 16.2. The number of benzene rings is 2. The van der Waals surface area contributed by atoms with E-state index in [1.54, 1.807) is 10.6 Å². The van der Waals surface area contributed by atoms with Crippen molar-refractivity contribution in [1.29, 1.82) is 0 Å². The van der Waals surface area contributed by atoms with Crippen LogP contribution in [0.2, 0.25) is 0 Å². The lowest BCUT2D eigenvalue weighted by Crippen LogP contribution is -2.89. The molecule has 4 N–H and O–H groups in total. The van der Waals surface area contributed by atoms with Gasteiger partial charge < -0.3 is 34.9 Å². The van der Waals surface area contributed by atoms with Gasteiger partial charge in [-0.2, -0.15) is 0 Å². The number of aromatic nitrogens is 1. The number of aromatic carboxylic acids is 3.